The molecule has 2 N–H and O–H groups in total. The fourth-order valence-electron chi connectivity index (χ4n) is 1.41. The number of carbonyl (C=O) groups is 1. The second kappa shape index (κ2) is 7.00. The van der Waals surface area contributed by atoms with Gasteiger partial charge in [-0.15, -0.1) is 0 Å². The Balaban J connectivity index is 2.67. The molecule has 1 rings (SSSR count). The Labute approximate surface area is 112 Å². The summed E-state index contributed by atoms with van der Waals surface area (Å²) in [5.41, 5.74) is 0.943. The molecule has 0 aromatic heterocycles. The van der Waals surface area contributed by atoms with Crippen molar-refractivity contribution in [1.82, 2.24) is 5.32 Å². The topological polar surface area (TPSA) is 64.9 Å². The van der Waals surface area contributed by atoms with Crippen LogP contribution in [-0.2, 0) is 4.79 Å². The number of anilines is 1. The monoisotopic (exact) mass is 265 g/mol. The Morgan fingerprint density at radius 1 is 1.56 bits per heavy atom. The van der Waals surface area contributed by atoms with Gasteiger partial charge in [0.25, 0.3) is 0 Å². The van der Waals surface area contributed by atoms with Crippen LogP contribution in [-0.4, -0.2) is 19.0 Å². The van der Waals surface area contributed by atoms with Gasteiger partial charge in [0.05, 0.1) is 10.6 Å². The van der Waals surface area contributed by atoms with Crippen molar-refractivity contribution in [2.75, 3.05) is 18.4 Å². The van der Waals surface area contributed by atoms with Crippen LogP contribution in [0.15, 0.2) is 18.2 Å². The van der Waals surface area contributed by atoms with Gasteiger partial charge in [-0.05, 0) is 24.7 Å². The SMILES string of the molecule is CCNCC(C)C(=O)Nc1ccc(Cl)c(C#N)c1. The second-order valence-corrected chi connectivity index (χ2v) is 4.41. The summed E-state index contributed by atoms with van der Waals surface area (Å²) in [5, 5.41) is 15.1. The van der Waals surface area contributed by atoms with Gasteiger partial charge in [0.2, 0.25) is 5.91 Å². The first-order chi connectivity index (χ1) is 8.58. The van der Waals surface area contributed by atoms with Crippen LogP contribution in [0.5, 0.6) is 0 Å². The highest BCUT2D eigenvalue weighted by Crippen LogP contribution is 2.20. The fraction of sp³-hybridized carbons (Fsp3) is 0.385. The molecule has 1 amide bonds. The van der Waals surface area contributed by atoms with Crippen molar-refractivity contribution >= 4 is 23.2 Å². The number of benzene rings is 1. The molecule has 0 saturated heterocycles. The van der Waals surface area contributed by atoms with Gasteiger partial charge in [-0.25, -0.2) is 0 Å². The minimum Gasteiger partial charge on any atom is -0.326 e. The molecular weight excluding hydrogens is 250 g/mol. The third-order valence-electron chi connectivity index (χ3n) is 2.50. The maximum atomic E-state index is 11.8. The molecule has 0 bridgehead atoms. The van der Waals surface area contributed by atoms with Crippen molar-refractivity contribution in [3.8, 4) is 6.07 Å². The van der Waals surface area contributed by atoms with E-state index in [4.69, 9.17) is 16.9 Å². The number of hydrogen-bond donors (Lipinski definition) is 2. The molecule has 0 heterocycles. The number of nitriles is 1. The smallest absolute Gasteiger partial charge is 0.228 e. The third-order valence-corrected chi connectivity index (χ3v) is 2.83. The molecule has 0 aliphatic carbocycles. The van der Waals surface area contributed by atoms with Crippen molar-refractivity contribution in [3.05, 3.63) is 28.8 Å². The summed E-state index contributed by atoms with van der Waals surface area (Å²) in [7, 11) is 0. The molecule has 0 radical (unpaired) electrons. The first-order valence-electron chi connectivity index (χ1n) is 5.79. The third kappa shape index (κ3) is 4.02. The maximum absolute atomic E-state index is 11.8. The van der Waals surface area contributed by atoms with Gasteiger partial charge in [-0.2, -0.15) is 5.26 Å². The van der Waals surface area contributed by atoms with E-state index in [9.17, 15) is 4.79 Å². The van der Waals surface area contributed by atoms with Crippen LogP contribution in [0.1, 0.15) is 19.4 Å². The van der Waals surface area contributed by atoms with E-state index in [0.717, 1.165) is 6.54 Å². The molecular formula is C13H16ClN3O. The van der Waals surface area contributed by atoms with E-state index in [1.54, 1.807) is 18.2 Å². The largest absolute Gasteiger partial charge is 0.326 e. The summed E-state index contributed by atoms with van der Waals surface area (Å²) in [6, 6.07) is 6.83. The number of carbonyl (C=O) groups excluding carboxylic acids is 1. The van der Waals surface area contributed by atoms with Crippen LogP contribution in [0.4, 0.5) is 5.69 Å². The van der Waals surface area contributed by atoms with Crippen LogP contribution in [0, 0.1) is 17.2 Å². The van der Waals surface area contributed by atoms with Gasteiger partial charge < -0.3 is 10.6 Å². The summed E-state index contributed by atoms with van der Waals surface area (Å²) in [6.07, 6.45) is 0. The number of amides is 1. The Kier molecular flexibility index (Phi) is 5.63. The highest BCUT2D eigenvalue weighted by atomic mass is 35.5. The summed E-state index contributed by atoms with van der Waals surface area (Å²) >= 11 is 5.82. The zero-order chi connectivity index (χ0) is 13.5. The number of rotatable bonds is 5. The predicted molar refractivity (Wildman–Crippen MR) is 72.5 cm³/mol. The predicted octanol–water partition coefficient (Wildman–Crippen LogP) is 2.40. The van der Waals surface area contributed by atoms with Crippen molar-refractivity contribution in [2.45, 2.75) is 13.8 Å². The minimum atomic E-state index is -0.133. The molecule has 1 unspecified atom stereocenters. The normalized spacial score (nSPS) is 11.7. The molecule has 1 aromatic rings. The van der Waals surface area contributed by atoms with Crippen LogP contribution < -0.4 is 10.6 Å². The Morgan fingerprint density at radius 2 is 2.28 bits per heavy atom. The number of halogens is 1. The molecule has 1 atom stereocenters. The molecule has 0 saturated carbocycles. The van der Waals surface area contributed by atoms with E-state index < -0.39 is 0 Å². The highest BCUT2D eigenvalue weighted by molar-refractivity contribution is 6.31. The van der Waals surface area contributed by atoms with E-state index >= 15 is 0 Å². The second-order valence-electron chi connectivity index (χ2n) is 4.00. The summed E-state index contributed by atoms with van der Waals surface area (Å²) in [6.45, 7) is 5.29. The quantitative estimate of drug-likeness (QED) is 0.859. The van der Waals surface area contributed by atoms with Crippen molar-refractivity contribution in [1.29, 1.82) is 5.26 Å². The van der Waals surface area contributed by atoms with Crippen LogP contribution >= 0.6 is 11.6 Å². The molecule has 4 nitrogen and oxygen atoms in total. The average Bonchev–Trinajstić information content (AvgIpc) is 2.37. The van der Waals surface area contributed by atoms with Gasteiger partial charge >= 0.3 is 0 Å². The Bertz CT molecular complexity index is 468. The maximum Gasteiger partial charge on any atom is 0.228 e. The zero-order valence-corrected chi connectivity index (χ0v) is 11.2. The van der Waals surface area contributed by atoms with Crippen LogP contribution in [0.3, 0.4) is 0 Å². The lowest BCUT2D eigenvalue weighted by atomic mass is 10.1. The molecule has 0 fully saturated rings. The van der Waals surface area contributed by atoms with Crippen LogP contribution in [0.25, 0.3) is 0 Å². The number of nitrogens with zero attached hydrogens (tertiary/aromatic N) is 1. The van der Waals surface area contributed by atoms with E-state index in [2.05, 4.69) is 10.6 Å². The molecule has 0 spiro atoms. The summed E-state index contributed by atoms with van der Waals surface area (Å²) in [4.78, 5) is 11.8. The van der Waals surface area contributed by atoms with Crippen molar-refractivity contribution in [2.24, 2.45) is 5.92 Å². The zero-order valence-electron chi connectivity index (χ0n) is 10.5. The lowest BCUT2D eigenvalue weighted by Gasteiger charge is -2.12. The first-order valence-corrected chi connectivity index (χ1v) is 6.17. The van der Waals surface area contributed by atoms with Gasteiger partial charge in [-0.3, -0.25) is 4.79 Å². The van der Waals surface area contributed by atoms with E-state index in [1.165, 1.54) is 0 Å². The molecule has 1 aromatic carbocycles. The molecule has 0 aliphatic heterocycles. The minimum absolute atomic E-state index is 0.0813. The average molecular weight is 266 g/mol. The standard InChI is InChI=1S/C13H16ClN3O/c1-3-16-8-9(2)13(18)17-11-4-5-12(14)10(6-11)7-15/h4-6,9,16H,3,8H2,1-2H3,(H,17,18). The van der Waals surface area contributed by atoms with Gasteiger partial charge in [0.15, 0.2) is 0 Å². The Morgan fingerprint density at radius 3 is 2.89 bits per heavy atom. The summed E-state index contributed by atoms with van der Waals surface area (Å²) < 4.78 is 0. The number of nitrogens with one attached hydrogen (secondary N) is 2. The van der Waals surface area contributed by atoms with E-state index in [0.29, 0.717) is 22.8 Å². The van der Waals surface area contributed by atoms with Gasteiger partial charge in [0.1, 0.15) is 6.07 Å². The van der Waals surface area contributed by atoms with E-state index in [-0.39, 0.29) is 11.8 Å². The van der Waals surface area contributed by atoms with E-state index in [1.807, 2.05) is 19.9 Å². The van der Waals surface area contributed by atoms with Gasteiger partial charge in [-0.1, -0.05) is 25.4 Å². The molecule has 96 valence electrons. The lowest BCUT2D eigenvalue weighted by molar-refractivity contribution is -0.119. The summed E-state index contributed by atoms with van der Waals surface area (Å²) in [5.74, 6) is -0.215. The molecule has 5 heteroatoms. The molecule has 0 aliphatic rings. The van der Waals surface area contributed by atoms with Crippen molar-refractivity contribution in [3.63, 3.8) is 0 Å². The number of hydrogen-bond acceptors (Lipinski definition) is 3. The van der Waals surface area contributed by atoms with Gasteiger partial charge in [0, 0.05) is 18.2 Å². The fourth-order valence-corrected chi connectivity index (χ4v) is 1.57. The lowest BCUT2D eigenvalue weighted by Crippen LogP contribution is -2.30. The first kappa shape index (κ1) is 14.5. The highest BCUT2D eigenvalue weighted by Gasteiger charge is 2.12. The van der Waals surface area contributed by atoms with Crippen LogP contribution in [0.2, 0.25) is 5.02 Å². The molecule has 18 heavy (non-hydrogen) atoms. The van der Waals surface area contributed by atoms with Crippen molar-refractivity contribution < 1.29 is 4.79 Å². The Hall–Kier alpha value is -1.57.